The number of pyridine rings is 1. The summed E-state index contributed by atoms with van der Waals surface area (Å²) in [5.74, 6) is 0.183. The van der Waals surface area contributed by atoms with Gasteiger partial charge < -0.3 is 4.90 Å². The molecule has 1 aromatic carbocycles. The fraction of sp³-hybridized carbons (Fsp3) is 0.333. The van der Waals surface area contributed by atoms with Crippen LogP contribution >= 0.6 is 0 Å². The van der Waals surface area contributed by atoms with Crippen LogP contribution in [-0.2, 0) is 17.6 Å². The van der Waals surface area contributed by atoms with Crippen molar-refractivity contribution in [3.05, 3.63) is 59.9 Å². The Morgan fingerprint density at radius 1 is 1.23 bits per heavy atom. The number of carbonyl (C=O) groups is 1. The van der Waals surface area contributed by atoms with Crippen molar-refractivity contribution in [1.82, 2.24) is 9.88 Å². The SMILES string of the molecule is CN(CCc1ccncc1)CC(=O)N1CCc2ccccc21. The largest absolute Gasteiger partial charge is 0.311 e. The summed E-state index contributed by atoms with van der Waals surface area (Å²) in [5, 5.41) is 0. The molecule has 1 aliphatic rings. The number of anilines is 1. The first-order chi connectivity index (χ1) is 10.7. The second kappa shape index (κ2) is 6.71. The van der Waals surface area contributed by atoms with Gasteiger partial charge in [0.1, 0.15) is 0 Å². The van der Waals surface area contributed by atoms with Crippen LogP contribution in [0.25, 0.3) is 0 Å². The topological polar surface area (TPSA) is 36.4 Å². The lowest BCUT2D eigenvalue weighted by Gasteiger charge is -2.22. The van der Waals surface area contributed by atoms with Crippen LogP contribution in [0.4, 0.5) is 5.69 Å². The molecule has 0 saturated carbocycles. The lowest BCUT2D eigenvalue weighted by Crippen LogP contribution is -2.38. The third-order valence-electron chi connectivity index (χ3n) is 4.12. The van der Waals surface area contributed by atoms with E-state index in [1.807, 2.05) is 54.7 Å². The molecule has 114 valence electrons. The number of amides is 1. The summed E-state index contributed by atoms with van der Waals surface area (Å²) in [5.41, 5.74) is 3.60. The van der Waals surface area contributed by atoms with Crippen LogP contribution in [-0.4, -0.2) is 42.5 Å². The summed E-state index contributed by atoms with van der Waals surface area (Å²) in [7, 11) is 2.00. The second-order valence-electron chi connectivity index (χ2n) is 5.77. The van der Waals surface area contributed by atoms with Gasteiger partial charge in [-0.2, -0.15) is 0 Å². The molecule has 0 aliphatic carbocycles. The Morgan fingerprint density at radius 2 is 2.00 bits per heavy atom. The maximum Gasteiger partial charge on any atom is 0.241 e. The first-order valence-electron chi connectivity index (χ1n) is 7.70. The highest BCUT2D eigenvalue weighted by molar-refractivity contribution is 5.96. The highest BCUT2D eigenvalue weighted by Crippen LogP contribution is 2.27. The number of fused-ring (bicyclic) bond motifs is 1. The van der Waals surface area contributed by atoms with Gasteiger partial charge in [-0.05, 0) is 49.2 Å². The Balaban J connectivity index is 1.54. The van der Waals surface area contributed by atoms with Gasteiger partial charge in [0, 0.05) is 31.2 Å². The summed E-state index contributed by atoms with van der Waals surface area (Å²) in [6.07, 6.45) is 5.51. The number of benzene rings is 1. The number of hydrogen-bond donors (Lipinski definition) is 0. The molecule has 4 heteroatoms. The lowest BCUT2D eigenvalue weighted by molar-refractivity contribution is -0.119. The predicted octanol–water partition coefficient (Wildman–Crippen LogP) is 2.15. The molecule has 2 heterocycles. The third kappa shape index (κ3) is 3.34. The summed E-state index contributed by atoms with van der Waals surface area (Å²) in [6, 6.07) is 12.2. The molecule has 4 nitrogen and oxygen atoms in total. The first-order valence-corrected chi connectivity index (χ1v) is 7.70. The van der Waals surface area contributed by atoms with E-state index in [1.165, 1.54) is 11.1 Å². The average molecular weight is 295 g/mol. The number of likely N-dealkylation sites (N-methyl/N-ethyl adjacent to an activating group) is 1. The van der Waals surface area contributed by atoms with Gasteiger partial charge in [0.25, 0.3) is 0 Å². The molecule has 0 spiro atoms. The Hall–Kier alpha value is -2.20. The van der Waals surface area contributed by atoms with Gasteiger partial charge in [0.2, 0.25) is 5.91 Å². The zero-order valence-electron chi connectivity index (χ0n) is 12.9. The molecule has 0 N–H and O–H groups in total. The minimum Gasteiger partial charge on any atom is -0.311 e. The van der Waals surface area contributed by atoms with E-state index < -0.39 is 0 Å². The molecule has 22 heavy (non-hydrogen) atoms. The second-order valence-corrected chi connectivity index (χ2v) is 5.77. The van der Waals surface area contributed by atoms with Crippen molar-refractivity contribution in [3.8, 4) is 0 Å². The minimum atomic E-state index is 0.183. The molecule has 0 atom stereocenters. The van der Waals surface area contributed by atoms with Gasteiger partial charge in [-0.3, -0.25) is 14.7 Å². The van der Waals surface area contributed by atoms with E-state index in [-0.39, 0.29) is 5.91 Å². The molecule has 2 aromatic rings. The van der Waals surface area contributed by atoms with E-state index in [0.717, 1.165) is 31.6 Å². The molecular formula is C18H21N3O. The van der Waals surface area contributed by atoms with Crippen LogP contribution in [0.15, 0.2) is 48.8 Å². The molecule has 1 aliphatic heterocycles. The highest BCUT2D eigenvalue weighted by Gasteiger charge is 2.24. The summed E-state index contributed by atoms with van der Waals surface area (Å²) in [4.78, 5) is 20.5. The molecule has 3 rings (SSSR count). The van der Waals surface area contributed by atoms with Crippen LogP contribution in [0.3, 0.4) is 0 Å². The monoisotopic (exact) mass is 295 g/mol. The number of hydrogen-bond acceptors (Lipinski definition) is 3. The summed E-state index contributed by atoms with van der Waals surface area (Å²) >= 11 is 0. The number of carbonyl (C=O) groups excluding carboxylic acids is 1. The fourth-order valence-electron chi connectivity index (χ4n) is 2.86. The van der Waals surface area contributed by atoms with Crippen molar-refractivity contribution < 1.29 is 4.79 Å². The van der Waals surface area contributed by atoms with Gasteiger partial charge in [-0.25, -0.2) is 0 Å². The molecule has 0 fully saturated rings. The van der Waals surface area contributed by atoms with Crippen molar-refractivity contribution in [2.24, 2.45) is 0 Å². The Kier molecular flexibility index (Phi) is 4.49. The number of rotatable bonds is 5. The van der Waals surface area contributed by atoms with E-state index in [4.69, 9.17) is 0 Å². The maximum atomic E-state index is 12.5. The van der Waals surface area contributed by atoms with Crippen molar-refractivity contribution >= 4 is 11.6 Å². The highest BCUT2D eigenvalue weighted by atomic mass is 16.2. The van der Waals surface area contributed by atoms with Gasteiger partial charge in [0.05, 0.1) is 6.54 Å². The molecule has 0 saturated heterocycles. The van der Waals surface area contributed by atoms with Crippen LogP contribution in [0.2, 0.25) is 0 Å². The first kappa shape index (κ1) is 14.7. The standard InChI is InChI=1S/C18H21N3O/c1-20(12-8-15-6-10-19-11-7-15)14-18(22)21-13-9-16-4-2-3-5-17(16)21/h2-7,10-11H,8-9,12-14H2,1H3. The normalized spacial score (nSPS) is 13.5. The van der Waals surface area contributed by atoms with Gasteiger partial charge >= 0.3 is 0 Å². The minimum absolute atomic E-state index is 0.183. The lowest BCUT2D eigenvalue weighted by atomic mass is 10.2. The maximum absolute atomic E-state index is 12.5. The van der Waals surface area contributed by atoms with Crippen LogP contribution in [0.1, 0.15) is 11.1 Å². The van der Waals surface area contributed by atoms with Gasteiger partial charge in [-0.15, -0.1) is 0 Å². The molecule has 0 unspecified atom stereocenters. The molecular weight excluding hydrogens is 274 g/mol. The zero-order chi connectivity index (χ0) is 15.4. The molecule has 0 bridgehead atoms. The summed E-state index contributed by atoms with van der Waals surface area (Å²) < 4.78 is 0. The Bertz CT molecular complexity index is 642. The van der Waals surface area contributed by atoms with Gasteiger partial charge in [-0.1, -0.05) is 18.2 Å². The number of aromatic nitrogens is 1. The molecule has 1 amide bonds. The van der Waals surface area contributed by atoms with Gasteiger partial charge in [0.15, 0.2) is 0 Å². The third-order valence-corrected chi connectivity index (χ3v) is 4.12. The molecule has 1 aromatic heterocycles. The van der Waals surface area contributed by atoms with Crippen LogP contribution in [0.5, 0.6) is 0 Å². The van der Waals surface area contributed by atoms with Crippen molar-refractivity contribution in [2.45, 2.75) is 12.8 Å². The van der Waals surface area contributed by atoms with Crippen LogP contribution in [0, 0.1) is 0 Å². The van der Waals surface area contributed by atoms with E-state index >= 15 is 0 Å². The molecule has 0 radical (unpaired) electrons. The smallest absolute Gasteiger partial charge is 0.241 e. The van der Waals surface area contributed by atoms with E-state index in [0.29, 0.717) is 6.54 Å². The van der Waals surface area contributed by atoms with Crippen molar-refractivity contribution in [3.63, 3.8) is 0 Å². The Morgan fingerprint density at radius 3 is 2.82 bits per heavy atom. The fourth-order valence-corrected chi connectivity index (χ4v) is 2.86. The van der Waals surface area contributed by atoms with Crippen molar-refractivity contribution in [2.75, 3.05) is 31.6 Å². The average Bonchev–Trinajstić information content (AvgIpc) is 2.98. The van der Waals surface area contributed by atoms with Crippen molar-refractivity contribution in [1.29, 1.82) is 0 Å². The Labute approximate surface area is 131 Å². The zero-order valence-corrected chi connectivity index (χ0v) is 12.9. The summed E-state index contributed by atoms with van der Waals surface area (Å²) in [6.45, 7) is 2.13. The predicted molar refractivity (Wildman–Crippen MR) is 87.9 cm³/mol. The van der Waals surface area contributed by atoms with E-state index in [2.05, 4.69) is 16.0 Å². The quantitative estimate of drug-likeness (QED) is 0.848. The van der Waals surface area contributed by atoms with E-state index in [9.17, 15) is 4.79 Å². The van der Waals surface area contributed by atoms with E-state index in [1.54, 1.807) is 0 Å². The van der Waals surface area contributed by atoms with Crippen LogP contribution < -0.4 is 4.90 Å². The number of nitrogens with zero attached hydrogens (tertiary/aromatic N) is 3. The number of para-hydroxylation sites is 1.